The zero-order chi connectivity index (χ0) is 14.7. The Labute approximate surface area is 113 Å². The highest BCUT2D eigenvalue weighted by Crippen LogP contribution is 2.19. The number of nitrogens with one attached hydrogen (secondary N) is 1. The van der Waals surface area contributed by atoms with E-state index in [1.165, 1.54) is 12.4 Å². The SMILES string of the molecule is CC(C)c1nccnc1NC(=O)c1cnn(C(F)F)c1. The van der Waals surface area contributed by atoms with Gasteiger partial charge in [-0.2, -0.15) is 13.9 Å². The fourth-order valence-electron chi connectivity index (χ4n) is 1.61. The maximum atomic E-state index is 12.4. The summed E-state index contributed by atoms with van der Waals surface area (Å²) in [6.07, 6.45) is 5.03. The summed E-state index contributed by atoms with van der Waals surface area (Å²) < 4.78 is 25.2. The van der Waals surface area contributed by atoms with Crippen LogP contribution in [0.4, 0.5) is 14.6 Å². The molecule has 6 nitrogen and oxygen atoms in total. The molecule has 2 aromatic heterocycles. The Balaban J connectivity index is 2.19. The van der Waals surface area contributed by atoms with Gasteiger partial charge < -0.3 is 5.32 Å². The molecule has 0 aliphatic rings. The largest absolute Gasteiger partial charge is 0.333 e. The maximum Gasteiger partial charge on any atom is 0.333 e. The van der Waals surface area contributed by atoms with E-state index in [1.54, 1.807) is 0 Å². The van der Waals surface area contributed by atoms with Gasteiger partial charge in [0.15, 0.2) is 5.82 Å². The van der Waals surface area contributed by atoms with E-state index >= 15 is 0 Å². The minimum Gasteiger partial charge on any atom is -0.305 e. The van der Waals surface area contributed by atoms with Gasteiger partial charge in [0.25, 0.3) is 5.91 Å². The van der Waals surface area contributed by atoms with Crippen LogP contribution in [0.2, 0.25) is 0 Å². The first-order valence-corrected chi connectivity index (χ1v) is 5.93. The van der Waals surface area contributed by atoms with Crippen molar-refractivity contribution < 1.29 is 13.6 Å². The first-order valence-electron chi connectivity index (χ1n) is 5.93. The van der Waals surface area contributed by atoms with E-state index in [-0.39, 0.29) is 11.5 Å². The molecule has 0 aliphatic heterocycles. The fraction of sp³-hybridized carbons (Fsp3) is 0.333. The Kier molecular flexibility index (Phi) is 4.02. The van der Waals surface area contributed by atoms with Gasteiger partial charge in [-0.1, -0.05) is 13.8 Å². The Bertz CT molecular complexity index is 611. The van der Waals surface area contributed by atoms with Gasteiger partial charge in [0.2, 0.25) is 0 Å². The predicted molar refractivity (Wildman–Crippen MR) is 67.6 cm³/mol. The quantitative estimate of drug-likeness (QED) is 0.934. The second-order valence-electron chi connectivity index (χ2n) is 4.39. The highest BCUT2D eigenvalue weighted by atomic mass is 19.3. The van der Waals surface area contributed by atoms with Gasteiger partial charge in [0.1, 0.15) is 0 Å². The molecule has 0 atom stereocenters. The number of halogens is 2. The molecule has 1 amide bonds. The number of nitrogens with zero attached hydrogens (tertiary/aromatic N) is 4. The predicted octanol–water partition coefficient (Wildman–Crippen LogP) is 2.44. The summed E-state index contributed by atoms with van der Waals surface area (Å²) >= 11 is 0. The molecule has 0 saturated carbocycles. The Morgan fingerprint density at radius 2 is 2.00 bits per heavy atom. The van der Waals surface area contributed by atoms with Crippen molar-refractivity contribution in [1.29, 1.82) is 0 Å². The number of carbonyl (C=O) groups excluding carboxylic acids is 1. The molecule has 2 heterocycles. The summed E-state index contributed by atoms with van der Waals surface area (Å²) in [6, 6.07) is 0. The monoisotopic (exact) mass is 281 g/mol. The van der Waals surface area contributed by atoms with Gasteiger partial charge in [-0.3, -0.25) is 9.78 Å². The first kappa shape index (κ1) is 14.0. The maximum absolute atomic E-state index is 12.4. The van der Waals surface area contributed by atoms with Gasteiger partial charge in [-0.15, -0.1) is 0 Å². The lowest BCUT2D eigenvalue weighted by Crippen LogP contribution is -2.15. The smallest absolute Gasteiger partial charge is 0.305 e. The normalized spacial score (nSPS) is 11.1. The third-order valence-corrected chi connectivity index (χ3v) is 2.57. The van der Waals surface area contributed by atoms with Crippen molar-refractivity contribution in [2.75, 3.05) is 5.32 Å². The number of alkyl halides is 2. The topological polar surface area (TPSA) is 72.7 Å². The first-order chi connectivity index (χ1) is 9.49. The van der Waals surface area contributed by atoms with Crippen LogP contribution in [0.5, 0.6) is 0 Å². The van der Waals surface area contributed by atoms with Crippen LogP contribution < -0.4 is 5.32 Å². The van der Waals surface area contributed by atoms with Crippen LogP contribution in [0.1, 0.15) is 42.4 Å². The van der Waals surface area contributed by atoms with Gasteiger partial charge in [0, 0.05) is 18.6 Å². The molecule has 20 heavy (non-hydrogen) atoms. The molecule has 106 valence electrons. The lowest BCUT2D eigenvalue weighted by atomic mass is 10.1. The van der Waals surface area contributed by atoms with Crippen LogP contribution in [0, 0.1) is 0 Å². The van der Waals surface area contributed by atoms with Crippen LogP contribution in [0.3, 0.4) is 0 Å². The second kappa shape index (κ2) is 5.72. The highest BCUT2D eigenvalue weighted by molar-refractivity contribution is 6.03. The number of carbonyl (C=O) groups is 1. The summed E-state index contributed by atoms with van der Waals surface area (Å²) in [4.78, 5) is 20.1. The summed E-state index contributed by atoms with van der Waals surface area (Å²) in [5, 5.41) is 5.96. The molecule has 0 saturated heterocycles. The third-order valence-electron chi connectivity index (χ3n) is 2.57. The average molecular weight is 281 g/mol. The number of anilines is 1. The van der Waals surface area contributed by atoms with Crippen molar-refractivity contribution in [1.82, 2.24) is 19.7 Å². The molecule has 8 heteroatoms. The molecular formula is C12H13F2N5O. The molecule has 0 aliphatic carbocycles. The third kappa shape index (κ3) is 2.95. The molecule has 0 aromatic carbocycles. The Hall–Kier alpha value is -2.38. The summed E-state index contributed by atoms with van der Waals surface area (Å²) in [5.74, 6) is -0.167. The van der Waals surface area contributed by atoms with E-state index < -0.39 is 12.5 Å². The van der Waals surface area contributed by atoms with Crippen molar-refractivity contribution in [2.24, 2.45) is 0 Å². The van der Waals surface area contributed by atoms with Crippen LogP contribution in [0.15, 0.2) is 24.8 Å². The fourth-order valence-corrected chi connectivity index (χ4v) is 1.61. The zero-order valence-electron chi connectivity index (χ0n) is 10.9. The molecule has 2 aromatic rings. The van der Waals surface area contributed by atoms with E-state index in [0.29, 0.717) is 16.2 Å². The van der Waals surface area contributed by atoms with Crippen molar-refractivity contribution in [2.45, 2.75) is 26.3 Å². The molecule has 0 bridgehead atoms. The van der Waals surface area contributed by atoms with Gasteiger partial charge in [-0.25, -0.2) is 9.67 Å². The second-order valence-corrected chi connectivity index (χ2v) is 4.39. The minimum absolute atomic E-state index is 0.0330. The average Bonchev–Trinajstić information content (AvgIpc) is 2.89. The van der Waals surface area contributed by atoms with E-state index in [2.05, 4.69) is 20.4 Å². The molecule has 0 spiro atoms. The van der Waals surface area contributed by atoms with Gasteiger partial charge >= 0.3 is 6.55 Å². The highest BCUT2D eigenvalue weighted by Gasteiger charge is 2.16. The molecule has 1 N–H and O–H groups in total. The zero-order valence-corrected chi connectivity index (χ0v) is 10.9. The van der Waals surface area contributed by atoms with Crippen LogP contribution >= 0.6 is 0 Å². The van der Waals surface area contributed by atoms with Crippen molar-refractivity contribution in [3.8, 4) is 0 Å². The van der Waals surface area contributed by atoms with Crippen LogP contribution in [-0.2, 0) is 0 Å². The molecule has 0 fully saturated rings. The standard InChI is InChI=1S/C12H13F2N5O/c1-7(2)9-10(16-4-3-15-9)18-11(20)8-5-17-19(6-8)12(13)14/h3-7,12H,1-2H3,(H,16,18,20). The lowest BCUT2D eigenvalue weighted by Gasteiger charge is -2.10. The van der Waals surface area contributed by atoms with Crippen LogP contribution in [-0.4, -0.2) is 25.7 Å². The Morgan fingerprint density at radius 1 is 1.30 bits per heavy atom. The van der Waals surface area contributed by atoms with Crippen molar-refractivity contribution in [3.05, 3.63) is 36.0 Å². The van der Waals surface area contributed by atoms with Crippen LogP contribution in [0.25, 0.3) is 0 Å². The van der Waals surface area contributed by atoms with E-state index in [4.69, 9.17) is 0 Å². The summed E-state index contributed by atoms with van der Waals surface area (Å²) in [6.45, 7) is 1.04. The summed E-state index contributed by atoms with van der Waals surface area (Å²) in [5.41, 5.74) is 0.660. The Morgan fingerprint density at radius 3 is 2.60 bits per heavy atom. The number of aromatic nitrogens is 4. The van der Waals surface area contributed by atoms with Crippen molar-refractivity contribution in [3.63, 3.8) is 0 Å². The van der Waals surface area contributed by atoms with Gasteiger partial charge in [0.05, 0.1) is 17.5 Å². The lowest BCUT2D eigenvalue weighted by molar-refractivity contribution is 0.0565. The van der Waals surface area contributed by atoms with Gasteiger partial charge in [-0.05, 0) is 5.92 Å². The van der Waals surface area contributed by atoms with Crippen molar-refractivity contribution >= 4 is 11.7 Å². The van der Waals surface area contributed by atoms with E-state index in [9.17, 15) is 13.6 Å². The number of rotatable bonds is 4. The van der Waals surface area contributed by atoms with E-state index in [1.807, 2.05) is 13.8 Å². The molecule has 2 rings (SSSR count). The molecule has 0 unspecified atom stereocenters. The number of hydrogen-bond acceptors (Lipinski definition) is 4. The number of amides is 1. The minimum atomic E-state index is -2.78. The molecular weight excluding hydrogens is 268 g/mol. The number of hydrogen-bond donors (Lipinski definition) is 1. The summed E-state index contributed by atoms with van der Waals surface area (Å²) in [7, 11) is 0. The van der Waals surface area contributed by atoms with E-state index in [0.717, 1.165) is 12.4 Å². The molecule has 0 radical (unpaired) electrons.